The second kappa shape index (κ2) is 4.13. The highest BCUT2D eigenvalue weighted by atomic mass is 31.2. The highest BCUT2D eigenvalue weighted by Gasteiger charge is 2.59. The van der Waals surface area contributed by atoms with Crippen LogP contribution in [0, 0.1) is 0 Å². The standard InChI is InChI=1S/C10H19BNO3P/c1-4-10-6-14-7(9(11)15-10)8(10)12-16(3,13)5-2/h7-9H,4-6H2,1-3H3,(H,12,13)/t7-,8?,9+,10-,16?/m0/s1. The van der Waals surface area contributed by atoms with Crippen LogP contribution in [0.2, 0.25) is 0 Å². The lowest BCUT2D eigenvalue weighted by molar-refractivity contribution is -0.114. The van der Waals surface area contributed by atoms with Gasteiger partial charge in [0.1, 0.15) is 20.7 Å². The lowest BCUT2D eigenvalue weighted by Crippen LogP contribution is -2.47. The first-order valence-corrected chi connectivity index (χ1v) is 8.17. The molecule has 1 N–H and O–H groups in total. The summed E-state index contributed by atoms with van der Waals surface area (Å²) in [7, 11) is 3.55. The van der Waals surface area contributed by atoms with Gasteiger partial charge in [-0.3, -0.25) is 5.09 Å². The van der Waals surface area contributed by atoms with Crippen LogP contribution >= 0.6 is 7.29 Å². The van der Waals surface area contributed by atoms with Gasteiger partial charge in [-0.15, -0.1) is 0 Å². The molecule has 16 heavy (non-hydrogen) atoms. The largest absolute Gasteiger partial charge is 0.375 e. The molecule has 0 spiro atoms. The fraction of sp³-hybridized carbons (Fsp3) is 1.00. The maximum atomic E-state index is 12.2. The van der Waals surface area contributed by atoms with E-state index in [2.05, 4.69) is 5.09 Å². The molecular formula is C10H19BNO3P. The Bertz CT molecular complexity index is 327. The van der Waals surface area contributed by atoms with Gasteiger partial charge >= 0.3 is 0 Å². The van der Waals surface area contributed by atoms with E-state index in [1.165, 1.54) is 0 Å². The summed E-state index contributed by atoms with van der Waals surface area (Å²) in [5.74, 6) is 0. The Morgan fingerprint density at radius 2 is 2.25 bits per heavy atom. The van der Waals surface area contributed by atoms with Gasteiger partial charge in [-0.2, -0.15) is 0 Å². The van der Waals surface area contributed by atoms with Crippen molar-refractivity contribution in [3.8, 4) is 0 Å². The normalized spacial score (nSPS) is 45.8. The van der Waals surface area contributed by atoms with Crippen LogP contribution in [0.15, 0.2) is 0 Å². The lowest BCUT2D eigenvalue weighted by Gasteiger charge is -2.31. The van der Waals surface area contributed by atoms with Gasteiger partial charge in [0.05, 0.1) is 18.8 Å². The van der Waals surface area contributed by atoms with E-state index >= 15 is 0 Å². The van der Waals surface area contributed by atoms with Crippen molar-refractivity contribution in [1.82, 2.24) is 5.09 Å². The molecule has 2 saturated heterocycles. The number of hydrogen-bond acceptors (Lipinski definition) is 3. The van der Waals surface area contributed by atoms with Crippen molar-refractivity contribution in [2.45, 2.75) is 44.0 Å². The van der Waals surface area contributed by atoms with Crippen molar-refractivity contribution < 1.29 is 14.0 Å². The van der Waals surface area contributed by atoms with Gasteiger partial charge in [-0.05, 0) is 6.42 Å². The van der Waals surface area contributed by atoms with E-state index in [9.17, 15) is 4.57 Å². The smallest absolute Gasteiger partial charge is 0.145 e. The summed E-state index contributed by atoms with van der Waals surface area (Å²) in [6, 6.07) is -0.439. The molecule has 2 aliphatic heterocycles. The molecule has 2 aliphatic rings. The van der Waals surface area contributed by atoms with Crippen molar-refractivity contribution in [3.63, 3.8) is 0 Å². The molecule has 0 aromatic heterocycles. The molecule has 2 unspecified atom stereocenters. The summed E-state index contributed by atoms with van der Waals surface area (Å²) in [5, 5.41) is 3.21. The van der Waals surface area contributed by atoms with Gasteiger partial charge in [0.25, 0.3) is 0 Å². The average Bonchev–Trinajstić information content (AvgIpc) is 2.70. The number of nitrogens with one attached hydrogen (secondary N) is 1. The van der Waals surface area contributed by atoms with Crippen molar-refractivity contribution in [2.75, 3.05) is 19.4 Å². The first-order chi connectivity index (χ1) is 7.44. The summed E-state index contributed by atoms with van der Waals surface area (Å²) < 4.78 is 23.6. The minimum atomic E-state index is -2.31. The first kappa shape index (κ1) is 12.6. The van der Waals surface area contributed by atoms with Crippen molar-refractivity contribution in [3.05, 3.63) is 0 Å². The quantitative estimate of drug-likeness (QED) is 0.589. The number of ether oxygens (including phenoxy) is 2. The van der Waals surface area contributed by atoms with E-state index in [4.69, 9.17) is 17.3 Å². The highest BCUT2D eigenvalue weighted by Crippen LogP contribution is 2.46. The summed E-state index contributed by atoms with van der Waals surface area (Å²) in [6.45, 7) is 6.28. The zero-order valence-electron chi connectivity index (χ0n) is 10.1. The Labute approximate surface area is 98.3 Å². The Balaban J connectivity index is 2.18. The Morgan fingerprint density at radius 3 is 2.75 bits per heavy atom. The van der Waals surface area contributed by atoms with E-state index in [0.717, 1.165) is 6.42 Å². The van der Waals surface area contributed by atoms with Crippen LogP contribution in [0.5, 0.6) is 0 Å². The van der Waals surface area contributed by atoms with E-state index in [1.54, 1.807) is 6.66 Å². The molecule has 0 aliphatic carbocycles. The molecular weight excluding hydrogens is 224 g/mol. The SMILES string of the molecule is [B][C@@H]1O[C@@]2(CC)CO[C@H]1C2NP(C)(=O)CC. The van der Waals surface area contributed by atoms with Gasteiger partial charge in [0.2, 0.25) is 0 Å². The van der Waals surface area contributed by atoms with E-state index in [-0.39, 0.29) is 17.7 Å². The molecule has 4 nitrogen and oxygen atoms in total. The molecule has 90 valence electrons. The average molecular weight is 243 g/mol. The van der Waals surface area contributed by atoms with Crippen LogP contribution in [-0.4, -0.2) is 51.0 Å². The minimum Gasteiger partial charge on any atom is -0.375 e. The van der Waals surface area contributed by atoms with Crippen LogP contribution < -0.4 is 5.09 Å². The van der Waals surface area contributed by atoms with Gasteiger partial charge in [-0.1, -0.05) is 13.8 Å². The van der Waals surface area contributed by atoms with Crippen LogP contribution in [0.4, 0.5) is 0 Å². The predicted octanol–water partition coefficient (Wildman–Crippen LogP) is 0.945. The lowest BCUT2D eigenvalue weighted by atomic mass is 9.89. The third kappa shape index (κ3) is 1.88. The van der Waals surface area contributed by atoms with Gasteiger partial charge < -0.3 is 14.0 Å². The molecule has 6 heteroatoms. The topological polar surface area (TPSA) is 47.6 Å². The molecule has 2 heterocycles. The van der Waals surface area contributed by atoms with Gasteiger partial charge in [0, 0.05) is 18.8 Å². The van der Waals surface area contributed by atoms with Crippen molar-refractivity contribution >= 4 is 15.1 Å². The predicted molar refractivity (Wildman–Crippen MR) is 64.4 cm³/mol. The maximum absolute atomic E-state index is 12.2. The Kier molecular flexibility index (Phi) is 3.26. The van der Waals surface area contributed by atoms with Crippen LogP contribution in [0.25, 0.3) is 0 Å². The van der Waals surface area contributed by atoms with Crippen LogP contribution in [0.1, 0.15) is 20.3 Å². The monoisotopic (exact) mass is 243 g/mol. The van der Waals surface area contributed by atoms with Crippen LogP contribution in [0.3, 0.4) is 0 Å². The summed E-state index contributed by atoms with van der Waals surface area (Å²) >= 11 is 0. The molecule has 5 atom stereocenters. The fourth-order valence-electron chi connectivity index (χ4n) is 2.43. The van der Waals surface area contributed by atoms with Gasteiger partial charge in [0.15, 0.2) is 0 Å². The van der Waals surface area contributed by atoms with E-state index in [0.29, 0.717) is 12.8 Å². The molecule has 2 bridgehead atoms. The number of hydrogen-bond donors (Lipinski definition) is 1. The van der Waals surface area contributed by atoms with Crippen molar-refractivity contribution in [1.29, 1.82) is 0 Å². The molecule has 2 rings (SSSR count). The zero-order chi connectivity index (χ0) is 12.0. The Hall–Kier alpha value is 0.175. The maximum Gasteiger partial charge on any atom is 0.145 e. The summed E-state index contributed by atoms with van der Waals surface area (Å²) in [4.78, 5) is 0. The van der Waals surface area contributed by atoms with Crippen molar-refractivity contribution in [2.24, 2.45) is 0 Å². The van der Waals surface area contributed by atoms with Crippen LogP contribution in [-0.2, 0) is 14.0 Å². The van der Waals surface area contributed by atoms with E-state index < -0.39 is 13.3 Å². The van der Waals surface area contributed by atoms with Gasteiger partial charge in [-0.25, -0.2) is 0 Å². The zero-order valence-corrected chi connectivity index (χ0v) is 11.0. The second-order valence-electron chi connectivity index (χ2n) is 4.80. The third-order valence-electron chi connectivity index (χ3n) is 3.72. The molecule has 2 radical (unpaired) electrons. The molecule has 0 aromatic carbocycles. The highest BCUT2D eigenvalue weighted by molar-refractivity contribution is 7.61. The molecule has 0 amide bonds. The Morgan fingerprint density at radius 1 is 1.56 bits per heavy atom. The number of fused-ring (bicyclic) bond motifs is 2. The molecule has 0 aromatic rings. The minimum absolute atomic E-state index is 0.0386. The number of rotatable bonds is 4. The van der Waals surface area contributed by atoms with E-state index in [1.807, 2.05) is 13.8 Å². The second-order valence-corrected chi connectivity index (χ2v) is 7.89. The molecule has 0 saturated carbocycles. The fourth-order valence-corrected chi connectivity index (χ4v) is 3.59. The first-order valence-electron chi connectivity index (χ1n) is 5.83. The summed E-state index contributed by atoms with van der Waals surface area (Å²) in [6.07, 6.45) is 1.28. The molecule has 2 fully saturated rings. The summed E-state index contributed by atoms with van der Waals surface area (Å²) in [5.41, 5.74) is -0.384. The third-order valence-corrected chi connectivity index (χ3v) is 5.76.